The average molecular weight is 215 g/mol. The molecule has 0 aliphatic carbocycles. The standard InChI is InChI=1S/C10H17NO4/c1-10(2,3)15-9(13)11-5-4-8(6-11)14-7-12/h7-8H,4-6H2,1-3H3/t8-/m0/s1. The molecule has 1 heterocycles. The van der Waals surface area contributed by atoms with Crippen molar-refractivity contribution in [3.8, 4) is 0 Å². The quantitative estimate of drug-likeness (QED) is 0.649. The lowest BCUT2D eigenvalue weighted by Gasteiger charge is -2.24. The molecule has 0 aromatic rings. The summed E-state index contributed by atoms with van der Waals surface area (Å²) in [6.07, 6.45) is 0.146. The summed E-state index contributed by atoms with van der Waals surface area (Å²) in [6, 6.07) is 0. The predicted molar refractivity (Wildman–Crippen MR) is 53.4 cm³/mol. The van der Waals surface area contributed by atoms with Crippen LogP contribution in [0.25, 0.3) is 0 Å². The Kier molecular flexibility index (Phi) is 3.55. The van der Waals surface area contributed by atoms with E-state index >= 15 is 0 Å². The minimum atomic E-state index is -0.485. The van der Waals surface area contributed by atoms with E-state index in [1.54, 1.807) is 4.90 Å². The summed E-state index contributed by atoms with van der Waals surface area (Å²) in [5.74, 6) is 0. The van der Waals surface area contributed by atoms with Gasteiger partial charge in [-0.05, 0) is 20.8 Å². The number of hydrogen-bond donors (Lipinski definition) is 0. The molecule has 1 atom stereocenters. The fraction of sp³-hybridized carbons (Fsp3) is 0.800. The third-order valence-electron chi connectivity index (χ3n) is 2.04. The molecule has 1 saturated heterocycles. The van der Waals surface area contributed by atoms with Crippen molar-refractivity contribution in [2.24, 2.45) is 0 Å². The van der Waals surface area contributed by atoms with Gasteiger partial charge in [-0.2, -0.15) is 0 Å². The van der Waals surface area contributed by atoms with Gasteiger partial charge in [0.15, 0.2) is 0 Å². The van der Waals surface area contributed by atoms with Crippen LogP contribution in [0.5, 0.6) is 0 Å². The van der Waals surface area contributed by atoms with Gasteiger partial charge in [-0.25, -0.2) is 4.79 Å². The Morgan fingerprint density at radius 1 is 1.47 bits per heavy atom. The van der Waals surface area contributed by atoms with Gasteiger partial charge in [-0.15, -0.1) is 0 Å². The molecule has 0 bridgehead atoms. The number of rotatable bonds is 2. The average Bonchev–Trinajstić information content (AvgIpc) is 2.50. The molecule has 0 radical (unpaired) electrons. The zero-order chi connectivity index (χ0) is 11.5. The van der Waals surface area contributed by atoms with Crippen LogP contribution in [0.4, 0.5) is 4.79 Å². The topological polar surface area (TPSA) is 55.8 Å². The molecule has 0 N–H and O–H groups in total. The van der Waals surface area contributed by atoms with Gasteiger partial charge in [0.25, 0.3) is 6.47 Å². The summed E-state index contributed by atoms with van der Waals surface area (Å²) >= 11 is 0. The minimum Gasteiger partial charge on any atom is -0.463 e. The molecule has 0 unspecified atom stereocenters. The molecule has 5 heteroatoms. The second kappa shape index (κ2) is 4.51. The maximum Gasteiger partial charge on any atom is 0.410 e. The van der Waals surface area contributed by atoms with Crippen molar-refractivity contribution in [2.45, 2.75) is 38.9 Å². The van der Waals surface area contributed by atoms with E-state index in [2.05, 4.69) is 0 Å². The number of likely N-dealkylation sites (tertiary alicyclic amines) is 1. The van der Waals surface area contributed by atoms with E-state index in [4.69, 9.17) is 9.47 Å². The summed E-state index contributed by atoms with van der Waals surface area (Å²) in [4.78, 5) is 23.2. The number of nitrogens with zero attached hydrogens (tertiary/aromatic N) is 1. The van der Waals surface area contributed by atoms with Gasteiger partial charge < -0.3 is 14.4 Å². The Hall–Kier alpha value is -1.26. The third-order valence-corrected chi connectivity index (χ3v) is 2.04. The number of ether oxygens (including phenoxy) is 2. The van der Waals surface area contributed by atoms with Gasteiger partial charge in [0.2, 0.25) is 0 Å². The minimum absolute atomic E-state index is 0.185. The van der Waals surface area contributed by atoms with Crippen molar-refractivity contribution >= 4 is 12.6 Å². The first kappa shape index (κ1) is 11.8. The maximum atomic E-state index is 11.6. The Labute approximate surface area is 89.3 Å². The summed E-state index contributed by atoms with van der Waals surface area (Å²) < 4.78 is 9.97. The Morgan fingerprint density at radius 3 is 2.67 bits per heavy atom. The van der Waals surface area contributed by atoms with Crippen LogP contribution in [0.15, 0.2) is 0 Å². The molecule has 86 valence electrons. The second-order valence-electron chi connectivity index (χ2n) is 4.57. The monoisotopic (exact) mass is 215 g/mol. The third kappa shape index (κ3) is 3.77. The van der Waals surface area contributed by atoms with Crippen molar-refractivity contribution in [3.63, 3.8) is 0 Å². The maximum absolute atomic E-state index is 11.6. The molecule has 1 aliphatic heterocycles. The molecule has 1 rings (SSSR count). The van der Waals surface area contributed by atoms with Crippen LogP contribution in [0.2, 0.25) is 0 Å². The number of carbonyl (C=O) groups excluding carboxylic acids is 2. The summed E-state index contributed by atoms with van der Waals surface area (Å²) in [5.41, 5.74) is -0.485. The summed E-state index contributed by atoms with van der Waals surface area (Å²) in [7, 11) is 0. The lowest BCUT2D eigenvalue weighted by Crippen LogP contribution is -2.36. The lowest BCUT2D eigenvalue weighted by molar-refractivity contribution is -0.132. The van der Waals surface area contributed by atoms with E-state index in [-0.39, 0.29) is 12.2 Å². The number of hydrogen-bond acceptors (Lipinski definition) is 4. The van der Waals surface area contributed by atoms with Crippen LogP contribution < -0.4 is 0 Å². The van der Waals surface area contributed by atoms with Gasteiger partial charge in [-0.1, -0.05) is 0 Å². The van der Waals surface area contributed by atoms with Crippen molar-refractivity contribution < 1.29 is 19.1 Å². The van der Waals surface area contributed by atoms with Crippen molar-refractivity contribution in [2.75, 3.05) is 13.1 Å². The van der Waals surface area contributed by atoms with Crippen LogP contribution >= 0.6 is 0 Å². The van der Waals surface area contributed by atoms with Crippen LogP contribution in [0.1, 0.15) is 27.2 Å². The number of amides is 1. The van der Waals surface area contributed by atoms with Crippen molar-refractivity contribution in [1.29, 1.82) is 0 Å². The van der Waals surface area contributed by atoms with E-state index in [0.717, 1.165) is 0 Å². The van der Waals surface area contributed by atoms with E-state index in [1.807, 2.05) is 20.8 Å². The highest BCUT2D eigenvalue weighted by molar-refractivity contribution is 5.68. The number of carbonyl (C=O) groups is 2. The zero-order valence-corrected chi connectivity index (χ0v) is 9.36. The molecule has 15 heavy (non-hydrogen) atoms. The molecular weight excluding hydrogens is 198 g/mol. The van der Waals surface area contributed by atoms with E-state index in [1.165, 1.54) is 0 Å². The second-order valence-corrected chi connectivity index (χ2v) is 4.57. The highest BCUT2D eigenvalue weighted by Crippen LogP contribution is 2.16. The fourth-order valence-corrected chi connectivity index (χ4v) is 1.41. The summed E-state index contributed by atoms with van der Waals surface area (Å²) in [6.45, 7) is 6.88. The van der Waals surface area contributed by atoms with Crippen molar-refractivity contribution in [1.82, 2.24) is 4.90 Å². The molecule has 1 fully saturated rings. The van der Waals surface area contributed by atoms with Gasteiger partial charge in [-0.3, -0.25) is 4.79 Å². The van der Waals surface area contributed by atoms with Crippen molar-refractivity contribution in [3.05, 3.63) is 0 Å². The van der Waals surface area contributed by atoms with Crippen LogP contribution in [-0.4, -0.2) is 42.3 Å². The first-order chi connectivity index (χ1) is 6.92. The fourth-order valence-electron chi connectivity index (χ4n) is 1.41. The van der Waals surface area contributed by atoms with Crippen LogP contribution in [0, 0.1) is 0 Å². The Balaban J connectivity index is 2.40. The van der Waals surface area contributed by atoms with Gasteiger partial charge in [0.05, 0.1) is 6.54 Å². The normalized spacial score (nSPS) is 21.3. The largest absolute Gasteiger partial charge is 0.463 e. The van der Waals surface area contributed by atoms with Crippen LogP contribution in [0.3, 0.4) is 0 Å². The van der Waals surface area contributed by atoms with Gasteiger partial charge >= 0.3 is 6.09 Å². The molecule has 1 aliphatic rings. The van der Waals surface area contributed by atoms with E-state index < -0.39 is 5.60 Å². The van der Waals surface area contributed by atoms with E-state index in [0.29, 0.717) is 26.0 Å². The van der Waals surface area contributed by atoms with Gasteiger partial charge in [0.1, 0.15) is 11.7 Å². The predicted octanol–water partition coefficient (Wildman–Crippen LogP) is 1.17. The highest BCUT2D eigenvalue weighted by Gasteiger charge is 2.30. The molecular formula is C10H17NO4. The first-order valence-corrected chi connectivity index (χ1v) is 4.99. The van der Waals surface area contributed by atoms with E-state index in [9.17, 15) is 9.59 Å². The molecule has 0 aromatic carbocycles. The van der Waals surface area contributed by atoms with Crippen LogP contribution in [-0.2, 0) is 14.3 Å². The Morgan fingerprint density at radius 2 is 2.13 bits per heavy atom. The first-order valence-electron chi connectivity index (χ1n) is 4.99. The SMILES string of the molecule is CC(C)(C)OC(=O)N1CC[C@H](OC=O)C1. The Bertz CT molecular complexity index is 246. The smallest absolute Gasteiger partial charge is 0.410 e. The molecule has 0 aromatic heterocycles. The lowest BCUT2D eigenvalue weighted by atomic mass is 10.2. The summed E-state index contributed by atoms with van der Waals surface area (Å²) in [5, 5.41) is 0. The van der Waals surface area contributed by atoms with Gasteiger partial charge in [0, 0.05) is 13.0 Å². The molecule has 5 nitrogen and oxygen atoms in total. The molecule has 1 amide bonds. The highest BCUT2D eigenvalue weighted by atomic mass is 16.6. The zero-order valence-electron chi connectivity index (χ0n) is 9.36. The molecule has 0 saturated carbocycles. The molecule has 0 spiro atoms.